The Balaban J connectivity index is 2.36. The third-order valence-electron chi connectivity index (χ3n) is 3.51. The molecule has 2 fully saturated rings. The molecule has 13 heavy (non-hydrogen) atoms. The van der Waals surface area contributed by atoms with Crippen LogP contribution >= 0.6 is 0 Å². The summed E-state index contributed by atoms with van der Waals surface area (Å²) in [6, 6.07) is 0. The quantitative estimate of drug-likeness (QED) is 0.645. The molecule has 2 bridgehead atoms. The molecule has 4 unspecified atom stereocenters. The van der Waals surface area contributed by atoms with Crippen molar-refractivity contribution in [1.29, 1.82) is 0 Å². The summed E-state index contributed by atoms with van der Waals surface area (Å²) < 4.78 is 36.7. The molecule has 0 saturated carbocycles. The molecule has 0 aromatic rings. The van der Waals surface area contributed by atoms with Gasteiger partial charge in [-0.3, -0.25) is 4.55 Å². The highest BCUT2D eigenvalue weighted by molar-refractivity contribution is 7.86. The minimum Gasteiger partial charge on any atom is -0.370 e. The van der Waals surface area contributed by atoms with Crippen LogP contribution in [0.2, 0.25) is 0 Å². The van der Waals surface area contributed by atoms with Gasteiger partial charge in [0.2, 0.25) is 0 Å². The van der Waals surface area contributed by atoms with Gasteiger partial charge in [-0.1, -0.05) is 6.92 Å². The highest BCUT2D eigenvalue weighted by Crippen LogP contribution is 2.49. The van der Waals surface area contributed by atoms with Crippen molar-refractivity contribution in [3.8, 4) is 0 Å². The van der Waals surface area contributed by atoms with Crippen molar-refractivity contribution in [2.75, 3.05) is 0 Å². The van der Waals surface area contributed by atoms with E-state index in [2.05, 4.69) is 0 Å². The Labute approximate surface area is 78.0 Å². The molecule has 2 aliphatic rings. The summed E-state index contributed by atoms with van der Waals surface area (Å²) in [4.78, 5) is 0. The fourth-order valence-electron chi connectivity index (χ4n) is 2.58. The van der Waals surface area contributed by atoms with Crippen LogP contribution in [0.3, 0.4) is 0 Å². The fourth-order valence-corrected chi connectivity index (χ4v) is 3.96. The lowest BCUT2D eigenvalue weighted by Gasteiger charge is -2.28. The Morgan fingerprint density at radius 3 is 2.46 bits per heavy atom. The molecule has 2 aliphatic heterocycles. The zero-order chi connectivity index (χ0) is 9.85. The van der Waals surface area contributed by atoms with E-state index in [4.69, 9.17) is 9.29 Å². The van der Waals surface area contributed by atoms with Gasteiger partial charge < -0.3 is 4.74 Å². The zero-order valence-electron chi connectivity index (χ0n) is 7.73. The van der Waals surface area contributed by atoms with Crippen molar-refractivity contribution < 1.29 is 17.7 Å². The summed E-state index contributed by atoms with van der Waals surface area (Å²) in [7, 11) is -3.95. The Bertz CT molecular complexity index is 323. The van der Waals surface area contributed by atoms with Gasteiger partial charge in [-0.2, -0.15) is 8.42 Å². The van der Waals surface area contributed by atoms with Crippen LogP contribution < -0.4 is 0 Å². The summed E-state index contributed by atoms with van der Waals surface area (Å²) in [5.74, 6) is -0.110. The highest BCUT2D eigenvalue weighted by Gasteiger charge is 2.58. The number of hydrogen-bond acceptors (Lipinski definition) is 3. The largest absolute Gasteiger partial charge is 0.370 e. The molecule has 76 valence electrons. The van der Waals surface area contributed by atoms with Gasteiger partial charge in [0.25, 0.3) is 10.1 Å². The number of fused-ring (bicyclic) bond motifs is 2. The van der Waals surface area contributed by atoms with Gasteiger partial charge in [-0.25, -0.2) is 0 Å². The van der Waals surface area contributed by atoms with E-state index in [0.29, 0.717) is 0 Å². The first-order valence-electron chi connectivity index (χ1n) is 4.49. The van der Waals surface area contributed by atoms with Crippen molar-refractivity contribution >= 4 is 10.1 Å². The van der Waals surface area contributed by atoms with E-state index in [9.17, 15) is 8.42 Å². The van der Waals surface area contributed by atoms with Crippen LogP contribution in [0.1, 0.15) is 26.7 Å². The van der Waals surface area contributed by atoms with Crippen LogP contribution in [0.15, 0.2) is 0 Å². The second kappa shape index (κ2) is 2.46. The monoisotopic (exact) mass is 206 g/mol. The minimum absolute atomic E-state index is 0.110. The lowest BCUT2D eigenvalue weighted by Crippen LogP contribution is -2.41. The molecule has 4 atom stereocenters. The topological polar surface area (TPSA) is 63.6 Å². The number of rotatable bonds is 1. The molecule has 0 aromatic carbocycles. The molecule has 2 heterocycles. The summed E-state index contributed by atoms with van der Waals surface area (Å²) >= 11 is 0. The van der Waals surface area contributed by atoms with E-state index in [1.165, 1.54) is 0 Å². The summed E-state index contributed by atoms with van der Waals surface area (Å²) in [6.45, 7) is 3.75. The summed E-state index contributed by atoms with van der Waals surface area (Å²) in [5, 5.41) is -0.716. The Morgan fingerprint density at radius 2 is 2.15 bits per heavy atom. The van der Waals surface area contributed by atoms with Crippen molar-refractivity contribution in [1.82, 2.24) is 0 Å². The Kier molecular flexibility index (Phi) is 1.78. The van der Waals surface area contributed by atoms with E-state index in [1.807, 2.05) is 13.8 Å². The molecule has 0 radical (unpaired) electrons. The van der Waals surface area contributed by atoms with Gasteiger partial charge in [-0.15, -0.1) is 0 Å². The first-order valence-corrected chi connectivity index (χ1v) is 5.99. The zero-order valence-corrected chi connectivity index (χ0v) is 8.54. The molecular formula is C8H14O4S. The van der Waals surface area contributed by atoms with Crippen molar-refractivity contribution in [2.45, 2.75) is 43.6 Å². The summed E-state index contributed by atoms with van der Waals surface area (Å²) in [5.41, 5.74) is -0.342. The normalized spacial score (nSPS) is 49.9. The van der Waals surface area contributed by atoms with Crippen LogP contribution in [0.25, 0.3) is 0 Å². The Hall–Kier alpha value is -0.130. The van der Waals surface area contributed by atoms with Crippen molar-refractivity contribution in [3.05, 3.63) is 0 Å². The number of ether oxygens (including phenoxy) is 1. The molecular weight excluding hydrogens is 192 g/mol. The second-order valence-corrected chi connectivity index (χ2v) is 5.85. The molecule has 2 saturated heterocycles. The van der Waals surface area contributed by atoms with E-state index in [0.717, 1.165) is 12.8 Å². The molecule has 1 N–H and O–H groups in total. The molecule has 0 amide bonds. The predicted molar refractivity (Wildman–Crippen MR) is 47.0 cm³/mol. The van der Waals surface area contributed by atoms with E-state index >= 15 is 0 Å². The van der Waals surface area contributed by atoms with Crippen LogP contribution in [0, 0.1) is 5.92 Å². The maximum atomic E-state index is 11.1. The number of hydrogen-bond donors (Lipinski definition) is 1. The van der Waals surface area contributed by atoms with Gasteiger partial charge >= 0.3 is 0 Å². The van der Waals surface area contributed by atoms with Gasteiger partial charge in [-0.05, 0) is 19.8 Å². The van der Waals surface area contributed by atoms with Gasteiger partial charge in [0.05, 0.1) is 11.7 Å². The lowest BCUT2D eigenvalue weighted by atomic mass is 9.81. The maximum Gasteiger partial charge on any atom is 0.270 e. The van der Waals surface area contributed by atoms with E-state index in [1.54, 1.807) is 0 Å². The van der Waals surface area contributed by atoms with Crippen LogP contribution in [0.4, 0.5) is 0 Å². The average Bonchev–Trinajstić information content (AvgIpc) is 2.39. The molecule has 0 aliphatic carbocycles. The van der Waals surface area contributed by atoms with E-state index < -0.39 is 15.4 Å². The van der Waals surface area contributed by atoms with Crippen LogP contribution in [0.5, 0.6) is 0 Å². The predicted octanol–water partition coefficient (Wildman–Crippen LogP) is 0.830. The molecule has 5 heteroatoms. The minimum atomic E-state index is -3.95. The third kappa shape index (κ3) is 1.21. The second-order valence-electron chi connectivity index (χ2n) is 4.28. The molecule has 0 aromatic heterocycles. The van der Waals surface area contributed by atoms with Gasteiger partial charge in [0, 0.05) is 5.92 Å². The SMILES string of the molecule is CC1C(S(=O)(=O)O)C2CCC1(C)O2. The molecule has 4 nitrogen and oxygen atoms in total. The van der Waals surface area contributed by atoms with Gasteiger partial charge in [0.1, 0.15) is 5.25 Å². The maximum absolute atomic E-state index is 11.1. The van der Waals surface area contributed by atoms with Crippen LogP contribution in [-0.4, -0.2) is 29.9 Å². The van der Waals surface area contributed by atoms with Crippen molar-refractivity contribution in [2.24, 2.45) is 5.92 Å². The standard InChI is InChI=1S/C8H14O4S/c1-5-7(13(9,10)11)6-3-4-8(5,2)12-6/h5-7H,3-4H2,1-2H3,(H,9,10,11). The summed E-state index contributed by atoms with van der Waals surface area (Å²) in [6.07, 6.45) is 1.34. The Morgan fingerprint density at radius 1 is 1.54 bits per heavy atom. The van der Waals surface area contributed by atoms with Gasteiger partial charge in [0.15, 0.2) is 0 Å². The lowest BCUT2D eigenvalue weighted by molar-refractivity contribution is 0.0106. The van der Waals surface area contributed by atoms with Crippen LogP contribution in [-0.2, 0) is 14.9 Å². The average molecular weight is 206 g/mol. The highest BCUT2D eigenvalue weighted by atomic mass is 32.2. The van der Waals surface area contributed by atoms with Crippen molar-refractivity contribution in [3.63, 3.8) is 0 Å². The van der Waals surface area contributed by atoms with E-state index in [-0.39, 0.29) is 17.6 Å². The first-order chi connectivity index (χ1) is 5.84. The fraction of sp³-hybridized carbons (Fsp3) is 1.00. The smallest absolute Gasteiger partial charge is 0.270 e. The molecule has 0 spiro atoms. The molecule has 2 rings (SSSR count). The third-order valence-corrected chi connectivity index (χ3v) is 4.91. The first kappa shape index (κ1) is 9.43.